The summed E-state index contributed by atoms with van der Waals surface area (Å²) in [5.41, 5.74) is 42.8. The number of fused-ring (bicyclic) bond motifs is 6. The maximum Gasteiger partial charge on any atom is 0.244 e. The van der Waals surface area contributed by atoms with Gasteiger partial charge in [-0.2, -0.15) is 15.3 Å². The molecule has 12 heterocycles. The van der Waals surface area contributed by atoms with E-state index < -0.39 is 36.0 Å². The second-order valence-corrected chi connectivity index (χ2v) is 25.0. The van der Waals surface area contributed by atoms with Crippen LogP contribution in [0.2, 0.25) is 0 Å². The molecule has 0 radical (unpaired) electrons. The van der Waals surface area contributed by atoms with Crippen LogP contribution in [0.5, 0.6) is 0 Å². The first kappa shape index (κ1) is 67.7. The Labute approximate surface area is 576 Å². The minimum Gasteiger partial charge on any atom is -0.397 e. The molecule has 3 amide bonds. The van der Waals surface area contributed by atoms with Gasteiger partial charge in [-0.05, 0) is 90.0 Å². The summed E-state index contributed by atoms with van der Waals surface area (Å²) in [6.07, 6.45) is 9.46. The quantitative estimate of drug-likeness (QED) is 0.0479. The van der Waals surface area contributed by atoms with Crippen molar-refractivity contribution in [2.45, 2.75) is 58.9 Å². The van der Waals surface area contributed by atoms with E-state index in [-0.39, 0.29) is 90.7 Å². The lowest BCUT2D eigenvalue weighted by Crippen LogP contribution is -2.29. The van der Waals surface area contributed by atoms with Crippen molar-refractivity contribution in [2.24, 2.45) is 0 Å². The van der Waals surface area contributed by atoms with Crippen molar-refractivity contribution < 1.29 is 40.7 Å². The Bertz CT molecular complexity index is 4870. The molecule has 3 aliphatic rings. The van der Waals surface area contributed by atoms with E-state index >= 15 is 13.2 Å². The number of nitrogen functional groups attached to an aromatic ring is 6. The molecular formula is C69H66F6N24O3. The largest absolute Gasteiger partial charge is 0.397 e. The highest BCUT2D eigenvalue weighted by Crippen LogP contribution is 2.41. The molecule has 15 N–H and O–H groups in total. The first-order chi connectivity index (χ1) is 48.7. The van der Waals surface area contributed by atoms with Gasteiger partial charge >= 0.3 is 0 Å². The van der Waals surface area contributed by atoms with Gasteiger partial charge < -0.3 is 65.1 Å². The summed E-state index contributed by atoms with van der Waals surface area (Å²) in [5, 5.41) is 25.3. The molecule has 3 atom stereocenters. The maximum absolute atomic E-state index is 15.1. The standard InChI is InChI=1S/3C23H22F2N8O/c3*1-11-14(6-28-8-17(11)26)13-3-12-4-19(29-7-15(12)23(27)22(13)25)30-20-5-18-16(24)9-32(2)21(34)10-33(18)31-20/h3*3-8,16H,9-10,26-27H2,1-2H3,(H,29,30,31)/t2*16-;/m10./s1. The first-order valence-corrected chi connectivity index (χ1v) is 31.6. The molecule has 0 saturated carbocycles. The average molecular weight is 1390 g/mol. The number of nitrogens with zero attached hydrogens (tertiary/aromatic N) is 15. The molecule has 102 heavy (non-hydrogen) atoms. The van der Waals surface area contributed by atoms with Crippen LogP contribution in [0.25, 0.3) is 65.7 Å². The van der Waals surface area contributed by atoms with E-state index in [0.717, 1.165) is 0 Å². The van der Waals surface area contributed by atoms with Crippen molar-refractivity contribution in [1.82, 2.24) is 73.9 Å². The van der Waals surface area contributed by atoms with Crippen LogP contribution >= 0.6 is 0 Å². The fourth-order valence-corrected chi connectivity index (χ4v) is 12.2. The van der Waals surface area contributed by atoms with Crippen molar-refractivity contribution in [3.63, 3.8) is 0 Å². The first-order valence-electron chi connectivity index (χ1n) is 31.6. The Balaban J connectivity index is 0.000000137. The number of amides is 3. The summed E-state index contributed by atoms with van der Waals surface area (Å²) in [7, 11) is 4.68. The van der Waals surface area contributed by atoms with E-state index in [2.05, 4.69) is 61.2 Å². The minimum absolute atomic E-state index is 0.0371. The van der Waals surface area contributed by atoms with Gasteiger partial charge in [-0.1, -0.05) is 0 Å². The Morgan fingerprint density at radius 1 is 0.373 bits per heavy atom. The molecular weight excluding hydrogens is 1330 g/mol. The number of carbonyl (C=O) groups excluding carboxylic acids is 3. The van der Waals surface area contributed by atoms with Gasteiger partial charge in [-0.3, -0.25) is 43.4 Å². The Morgan fingerprint density at radius 3 is 0.902 bits per heavy atom. The summed E-state index contributed by atoms with van der Waals surface area (Å²) >= 11 is 0. The lowest BCUT2D eigenvalue weighted by atomic mass is 9.97. The summed E-state index contributed by atoms with van der Waals surface area (Å²) in [6, 6.07) is 14.7. The number of carbonyl (C=O) groups is 3. The third kappa shape index (κ3) is 12.9. The second-order valence-electron chi connectivity index (χ2n) is 25.0. The number of benzene rings is 3. The number of alkyl halides is 3. The van der Waals surface area contributed by atoms with E-state index in [9.17, 15) is 27.6 Å². The number of hydrogen-bond donors (Lipinski definition) is 9. The molecule has 15 rings (SSSR count). The van der Waals surface area contributed by atoms with Gasteiger partial charge in [-0.25, -0.2) is 41.3 Å². The van der Waals surface area contributed by atoms with Gasteiger partial charge in [0, 0.05) is 126 Å². The van der Waals surface area contributed by atoms with Crippen LogP contribution in [0.1, 0.15) is 52.3 Å². The molecule has 0 bridgehead atoms. The minimum atomic E-state index is -1.36. The highest BCUT2D eigenvalue weighted by Gasteiger charge is 2.31. The molecule has 9 aromatic heterocycles. The monoisotopic (exact) mass is 1390 g/mol. The van der Waals surface area contributed by atoms with Gasteiger partial charge in [-0.15, -0.1) is 0 Å². The van der Waals surface area contributed by atoms with Crippen LogP contribution in [0, 0.1) is 38.2 Å². The van der Waals surface area contributed by atoms with Crippen molar-refractivity contribution in [3.05, 3.63) is 162 Å². The van der Waals surface area contributed by atoms with Gasteiger partial charge in [0.05, 0.1) is 89.4 Å². The second kappa shape index (κ2) is 26.8. The predicted octanol–water partition coefficient (Wildman–Crippen LogP) is 9.99. The molecule has 0 spiro atoms. The van der Waals surface area contributed by atoms with Gasteiger partial charge in [0.25, 0.3) is 0 Å². The zero-order valence-corrected chi connectivity index (χ0v) is 55.5. The summed E-state index contributed by atoms with van der Waals surface area (Å²) in [6.45, 7) is 5.10. The van der Waals surface area contributed by atoms with Gasteiger partial charge in [0.15, 0.2) is 53.4 Å². The van der Waals surface area contributed by atoms with Crippen LogP contribution < -0.4 is 50.4 Å². The Morgan fingerprint density at radius 2 is 0.637 bits per heavy atom. The van der Waals surface area contributed by atoms with Crippen LogP contribution in [0.4, 0.5) is 95.4 Å². The zero-order chi connectivity index (χ0) is 72.4. The number of rotatable bonds is 9. The third-order valence-electron chi connectivity index (χ3n) is 18.2. The summed E-state index contributed by atoms with van der Waals surface area (Å²) in [5.74, 6) is -0.180. The fourth-order valence-electron chi connectivity index (χ4n) is 12.2. The number of nitrogens with two attached hydrogens (primary N) is 6. The van der Waals surface area contributed by atoms with Gasteiger partial charge in [0.1, 0.15) is 37.1 Å². The van der Waals surface area contributed by atoms with E-state index in [1.54, 1.807) is 115 Å². The average Bonchev–Trinajstić information content (AvgIpc) is 1.21. The van der Waals surface area contributed by atoms with Crippen molar-refractivity contribution in [1.29, 1.82) is 0 Å². The number of likely N-dealkylation sites (N-methyl/N-ethyl adjacent to an activating group) is 3. The molecule has 33 heteroatoms. The summed E-state index contributed by atoms with van der Waals surface area (Å²) in [4.78, 5) is 65.5. The molecule has 0 fully saturated rings. The molecule has 27 nitrogen and oxygen atoms in total. The fraction of sp³-hybridized carbons (Fsp3) is 0.217. The molecule has 3 aliphatic heterocycles. The van der Waals surface area contributed by atoms with E-state index in [1.807, 2.05) is 0 Å². The zero-order valence-electron chi connectivity index (χ0n) is 55.5. The van der Waals surface area contributed by atoms with Crippen LogP contribution in [-0.4, -0.2) is 132 Å². The number of anilines is 12. The van der Waals surface area contributed by atoms with Crippen LogP contribution in [-0.2, 0) is 34.0 Å². The molecule has 0 saturated heterocycles. The van der Waals surface area contributed by atoms with E-state index in [4.69, 9.17) is 34.4 Å². The van der Waals surface area contributed by atoms with Crippen molar-refractivity contribution in [2.75, 3.05) is 91.1 Å². The number of nitrogens with one attached hydrogen (secondary N) is 3. The molecule has 1 unspecified atom stereocenters. The Hall–Kier alpha value is -12.8. The maximum atomic E-state index is 15.1. The van der Waals surface area contributed by atoms with Crippen LogP contribution in [0.3, 0.4) is 0 Å². The number of hydrogen-bond acceptors (Lipinski definition) is 21. The molecule has 12 aromatic rings. The number of halogens is 6. The molecule has 0 aliphatic carbocycles. The highest BCUT2D eigenvalue weighted by atomic mass is 19.2. The third-order valence-corrected chi connectivity index (χ3v) is 18.2. The number of aromatic nitrogens is 12. The predicted molar refractivity (Wildman–Crippen MR) is 376 cm³/mol. The van der Waals surface area contributed by atoms with E-state index in [1.165, 1.54) is 65.9 Å². The normalized spacial score (nSPS) is 15.9. The van der Waals surface area contributed by atoms with Crippen molar-refractivity contribution in [3.8, 4) is 33.4 Å². The lowest BCUT2D eigenvalue weighted by Gasteiger charge is -2.14. The summed E-state index contributed by atoms with van der Waals surface area (Å²) < 4.78 is 93.2. The highest BCUT2D eigenvalue weighted by molar-refractivity contribution is 6.01. The molecule has 3 aromatic carbocycles. The van der Waals surface area contributed by atoms with E-state index in [0.29, 0.717) is 135 Å². The number of pyridine rings is 6. The molecule has 522 valence electrons. The smallest absolute Gasteiger partial charge is 0.244 e. The lowest BCUT2D eigenvalue weighted by molar-refractivity contribution is -0.131. The SMILES string of the molecule is Cc1c(N)cncc1-c1cc2cc(Nc3cc4n(n3)CC(=O)N(C)CC4F)ncc2c(N)c1F.Cc1c(N)cncc1-c1cc2cc(Nc3cc4n(n3)CC(=O)N(C)C[C@@H]4F)ncc2c(N)c1F.Cc1c(N)cncc1-c1cc2cc(Nc3cc4n(n3)CC(=O)N(C)C[C@H]4F)ncc2c(N)c1F. The van der Waals surface area contributed by atoms with Gasteiger partial charge in [0.2, 0.25) is 17.7 Å². The van der Waals surface area contributed by atoms with Crippen molar-refractivity contribution >= 4 is 119 Å². The Kier molecular flexibility index (Phi) is 17.8. The topological polar surface area (TPSA) is 384 Å². The van der Waals surface area contributed by atoms with Crippen LogP contribution in [0.15, 0.2) is 110 Å².